The lowest BCUT2D eigenvalue weighted by Gasteiger charge is -2.36. The monoisotopic (exact) mass is 294 g/mol. The number of halogens is 3. The van der Waals surface area contributed by atoms with Crippen molar-refractivity contribution in [2.75, 3.05) is 6.54 Å². The molecule has 0 aromatic heterocycles. The van der Waals surface area contributed by atoms with Crippen LogP contribution >= 0.6 is 0 Å². The highest BCUT2D eigenvalue weighted by Gasteiger charge is 2.34. The van der Waals surface area contributed by atoms with E-state index in [0.717, 1.165) is 6.42 Å². The predicted molar refractivity (Wildman–Crippen MR) is 71.9 cm³/mol. The molecule has 0 aromatic rings. The van der Waals surface area contributed by atoms with Gasteiger partial charge in [0.05, 0.1) is 0 Å². The summed E-state index contributed by atoms with van der Waals surface area (Å²) in [5, 5.41) is 2.74. The van der Waals surface area contributed by atoms with Crippen molar-refractivity contribution in [1.82, 2.24) is 5.32 Å². The van der Waals surface area contributed by atoms with E-state index >= 15 is 0 Å². The van der Waals surface area contributed by atoms with Crippen molar-refractivity contribution in [3.05, 3.63) is 0 Å². The Morgan fingerprint density at radius 2 is 1.85 bits per heavy atom. The maximum absolute atomic E-state index is 12.0. The predicted octanol–water partition coefficient (Wildman–Crippen LogP) is 2.84. The third-order valence-corrected chi connectivity index (χ3v) is 4.21. The fourth-order valence-corrected chi connectivity index (χ4v) is 2.84. The summed E-state index contributed by atoms with van der Waals surface area (Å²) in [4.78, 5) is 12.0. The van der Waals surface area contributed by atoms with E-state index in [9.17, 15) is 18.0 Å². The molecule has 1 saturated carbocycles. The van der Waals surface area contributed by atoms with E-state index in [-0.39, 0.29) is 30.2 Å². The number of unbranched alkanes of at least 4 members (excludes halogenated alkanes) is 1. The molecule has 1 fully saturated rings. The molecule has 4 atom stereocenters. The zero-order chi connectivity index (χ0) is 15.3. The Balaban J connectivity index is 2.25. The Labute approximate surface area is 118 Å². The van der Waals surface area contributed by atoms with Crippen LogP contribution in [0.25, 0.3) is 0 Å². The summed E-state index contributed by atoms with van der Waals surface area (Å²) in [6.07, 6.45) is -2.89. The highest BCUT2D eigenvalue weighted by molar-refractivity contribution is 5.79. The number of nitrogens with two attached hydrogens (primary N) is 1. The number of rotatable bonds is 5. The lowest BCUT2D eigenvalue weighted by Crippen LogP contribution is -2.45. The molecule has 0 radical (unpaired) electrons. The molecule has 1 amide bonds. The SMILES string of the molecule is CC1CC(C)C(C(=O)NCCCCC(F)(F)F)CC1N. The van der Waals surface area contributed by atoms with Gasteiger partial charge >= 0.3 is 6.18 Å². The Morgan fingerprint density at radius 1 is 1.20 bits per heavy atom. The second-order valence-electron chi connectivity index (χ2n) is 6.06. The standard InChI is InChI=1S/C14H25F3N2O/c1-9-7-10(2)12(18)8-11(9)13(20)19-6-4-3-5-14(15,16)17/h9-12H,3-8,18H2,1-2H3,(H,19,20). The summed E-state index contributed by atoms with van der Waals surface area (Å²) >= 11 is 0. The first-order valence-electron chi connectivity index (χ1n) is 7.30. The summed E-state index contributed by atoms with van der Waals surface area (Å²) in [6, 6.07) is 0.0344. The number of carbonyl (C=O) groups is 1. The quantitative estimate of drug-likeness (QED) is 0.766. The Morgan fingerprint density at radius 3 is 2.45 bits per heavy atom. The number of amides is 1. The van der Waals surface area contributed by atoms with Crippen molar-refractivity contribution in [2.45, 2.75) is 58.2 Å². The fraction of sp³-hybridized carbons (Fsp3) is 0.929. The van der Waals surface area contributed by atoms with E-state index in [0.29, 0.717) is 25.3 Å². The van der Waals surface area contributed by atoms with Gasteiger partial charge in [-0.1, -0.05) is 13.8 Å². The Hall–Kier alpha value is -0.780. The first-order valence-corrected chi connectivity index (χ1v) is 7.30. The van der Waals surface area contributed by atoms with Gasteiger partial charge < -0.3 is 11.1 Å². The Bertz CT molecular complexity index is 320. The Kier molecular flexibility index (Phi) is 6.30. The van der Waals surface area contributed by atoms with E-state index in [4.69, 9.17) is 5.73 Å². The average molecular weight is 294 g/mol. The van der Waals surface area contributed by atoms with Crippen molar-refractivity contribution >= 4 is 5.91 Å². The zero-order valence-electron chi connectivity index (χ0n) is 12.2. The minimum atomic E-state index is -4.11. The highest BCUT2D eigenvalue weighted by atomic mass is 19.4. The van der Waals surface area contributed by atoms with E-state index in [1.807, 2.05) is 6.92 Å². The van der Waals surface area contributed by atoms with Crippen molar-refractivity contribution in [3.8, 4) is 0 Å². The molecular formula is C14H25F3N2O. The third kappa shape index (κ3) is 5.69. The van der Waals surface area contributed by atoms with Gasteiger partial charge in [-0.2, -0.15) is 13.2 Å². The largest absolute Gasteiger partial charge is 0.389 e. The molecule has 4 unspecified atom stereocenters. The van der Waals surface area contributed by atoms with Crippen LogP contribution in [0.4, 0.5) is 13.2 Å². The van der Waals surface area contributed by atoms with Gasteiger partial charge in [-0.3, -0.25) is 4.79 Å². The normalized spacial score (nSPS) is 31.1. The molecule has 3 nitrogen and oxygen atoms in total. The molecule has 20 heavy (non-hydrogen) atoms. The molecule has 0 bridgehead atoms. The molecule has 0 spiro atoms. The van der Waals surface area contributed by atoms with Crippen LogP contribution in [-0.4, -0.2) is 24.7 Å². The number of hydrogen-bond acceptors (Lipinski definition) is 2. The third-order valence-electron chi connectivity index (χ3n) is 4.21. The van der Waals surface area contributed by atoms with Crippen LogP contribution in [0.2, 0.25) is 0 Å². The van der Waals surface area contributed by atoms with Gasteiger partial charge in [-0.15, -0.1) is 0 Å². The maximum atomic E-state index is 12.0. The first-order chi connectivity index (χ1) is 9.20. The van der Waals surface area contributed by atoms with E-state index < -0.39 is 12.6 Å². The number of alkyl halides is 3. The topological polar surface area (TPSA) is 55.1 Å². The second kappa shape index (κ2) is 7.29. The molecule has 6 heteroatoms. The number of carbonyl (C=O) groups excluding carboxylic acids is 1. The summed E-state index contributed by atoms with van der Waals surface area (Å²) in [7, 11) is 0. The number of hydrogen-bond donors (Lipinski definition) is 2. The molecule has 118 valence electrons. The van der Waals surface area contributed by atoms with Gasteiger partial charge in [-0.05, 0) is 37.5 Å². The minimum Gasteiger partial charge on any atom is -0.356 e. The van der Waals surface area contributed by atoms with Crippen LogP contribution in [-0.2, 0) is 4.79 Å². The summed E-state index contributed by atoms with van der Waals surface area (Å²) in [5.41, 5.74) is 5.99. The lowest BCUT2D eigenvalue weighted by molar-refractivity contribution is -0.135. The molecule has 0 saturated heterocycles. The van der Waals surface area contributed by atoms with Gasteiger partial charge in [-0.25, -0.2) is 0 Å². The second-order valence-corrected chi connectivity index (χ2v) is 6.06. The zero-order valence-corrected chi connectivity index (χ0v) is 12.2. The smallest absolute Gasteiger partial charge is 0.356 e. The van der Waals surface area contributed by atoms with Gasteiger partial charge in [0.15, 0.2) is 0 Å². The van der Waals surface area contributed by atoms with Gasteiger partial charge in [0.2, 0.25) is 5.91 Å². The van der Waals surface area contributed by atoms with E-state index in [1.54, 1.807) is 0 Å². The van der Waals surface area contributed by atoms with Crippen molar-refractivity contribution < 1.29 is 18.0 Å². The minimum absolute atomic E-state index is 0.0344. The first kappa shape index (κ1) is 17.3. The van der Waals surface area contributed by atoms with E-state index in [2.05, 4.69) is 12.2 Å². The average Bonchev–Trinajstić information content (AvgIpc) is 2.31. The van der Waals surface area contributed by atoms with Gasteiger partial charge in [0.1, 0.15) is 0 Å². The molecule has 0 heterocycles. The van der Waals surface area contributed by atoms with Crippen molar-refractivity contribution in [2.24, 2.45) is 23.5 Å². The van der Waals surface area contributed by atoms with Crippen LogP contribution in [0.1, 0.15) is 46.0 Å². The molecule has 1 aliphatic carbocycles. The van der Waals surface area contributed by atoms with Crippen LogP contribution in [0, 0.1) is 17.8 Å². The molecule has 0 aliphatic heterocycles. The van der Waals surface area contributed by atoms with Gasteiger partial charge in [0.25, 0.3) is 0 Å². The summed E-state index contributed by atoms with van der Waals surface area (Å²) in [5.74, 6) is 0.525. The molecule has 1 aliphatic rings. The molecule has 3 N–H and O–H groups in total. The fourth-order valence-electron chi connectivity index (χ4n) is 2.84. The summed E-state index contributed by atoms with van der Waals surface area (Å²) in [6.45, 7) is 4.44. The van der Waals surface area contributed by atoms with Crippen LogP contribution < -0.4 is 11.1 Å². The molecule has 1 rings (SSSR count). The van der Waals surface area contributed by atoms with Crippen LogP contribution in [0.15, 0.2) is 0 Å². The van der Waals surface area contributed by atoms with Gasteiger partial charge in [0, 0.05) is 24.9 Å². The van der Waals surface area contributed by atoms with Crippen LogP contribution in [0.5, 0.6) is 0 Å². The van der Waals surface area contributed by atoms with E-state index in [1.165, 1.54) is 0 Å². The highest BCUT2D eigenvalue weighted by Crippen LogP contribution is 2.32. The maximum Gasteiger partial charge on any atom is 0.389 e. The summed E-state index contributed by atoms with van der Waals surface area (Å²) < 4.78 is 35.9. The number of nitrogens with one attached hydrogen (secondary N) is 1. The molecule has 0 aromatic carbocycles. The van der Waals surface area contributed by atoms with Crippen molar-refractivity contribution in [1.29, 1.82) is 0 Å². The van der Waals surface area contributed by atoms with Crippen LogP contribution in [0.3, 0.4) is 0 Å². The lowest BCUT2D eigenvalue weighted by atomic mass is 9.72. The van der Waals surface area contributed by atoms with Crippen molar-refractivity contribution in [3.63, 3.8) is 0 Å². The molecular weight excluding hydrogens is 269 g/mol.